The molecule has 1 aliphatic heterocycles. The Morgan fingerprint density at radius 3 is 2.88 bits per heavy atom. The van der Waals surface area contributed by atoms with Gasteiger partial charge in [0.2, 0.25) is 0 Å². The molecule has 88 valence electrons. The van der Waals surface area contributed by atoms with Gasteiger partial charge in [-0.15, -0.1) is 0 Å². The molecule has 3 heteroatoms. The van der Waals surface area contributed by atoms with Crippen molar-refractivity contribution in [2.75, 3.05) is 13.1 Å². The maximum Gasteiger partial charge on any atom is 0.194 e. The van der Waals surface area contributed by atoms with E-state index in [1.807, 2.05) is 0 Å². The van der Waals surface area contributed by atoms with Crippen LogP contribution < -0.4 is 5.32 Å². The average Bonchev–Trinajstić information content (AvgIpc) is 2.76. The lowest BCUT2D eigenvalue weighted by Crippen LogP contribution is -2.12. The Balaban J connectivity index is 1.70. The second kappa shape index (κ2) is 4.21. The van der Waals surface area contributed by atoms with Crippen LogP contribution in [0.15, 0.2) is 4.42 Å². The van der Waals surface area contributed by atoms with Gasteiger partial charge in [-0.1, -0.05) is 6.42 Å². The fourth-order valence-corrected chi connectivity index (χ4v) is 2.75. The minimum Gasteiger partial charge on any atom is -0.446 e. The highest BCUT2D eigenvalue weighted by Crippen LogP contribution is 2.37. The first-order valence-corrected chi connectivity index (χ1v) is 6.50. The standard InChI is InChI=1S/C13H20N2O/c1-9-13(11-3-2-4-11)15-12(16-9)7-10-5-6-14-8-10/h10-11,14H,2-8H2,1H3. The quantitative estimate of drug-likeness (QED) is 0.850. The number of hydrogen-bond donors (Lipinski definition) is 1. The van der Waals surface area contributed by atoms with Crippen LogP contribution in [0, 0.1) is 12.8 Å². The van der Waals surface area contributed by atoms with Gasteiger partial charge in [0.15, 0.2) is 5.89 Å². The van der Waals surface area contributed by atoms with Crippen molar-refractivity contribution in [2.45, 2.75) is 44.9 Å². The molecule has 16 heavy (non-hydrogen) atoms. The van der Waals surface area contributed by atoms with Crippen LogP contribution in [0.3, 0.4) is 0 Å². The summed E-state index contributed by atoms with van der Waals surface area (Å²) < 4.78 is 5.79. The highest BCUT2D eigenvalue weighted by molar-refractivity contribution is 5.16. The summed E-state index contributed by atoms with van der Waals surface area (Å²) in [6.45, 7) is 4.34. The van der Waals surface area contributed by atoms with Crippen LogP contribution in [0.5, 0.6) is 0 Å². The lowest BCUT2D eigenvalue weighted by atomic mass is 9.82. The first-order valence-electron chi connectivity index (χ1n) is 6.50. The maximum atomic E-state index is 5.79. The Bertz CT molecular complexity index is 362. The Morgan fingerprint density at radius 2 is 2.25 bits per heavy atom. The molecular formula is C13H20N2O. The fraction of sp³-hybridized carbons (Fsp3) is 0.769. The fourth-order valence-electron chi connectivity index (χ4n) is 2.75. The van der Waals surface area contributed by atoms with Crippen molar-refractivity contribution in [1.29, 1.82) is 0 Å². The molecule has 3 rings (SSSR count). The van der Waals surface area contributed by atoms with Gasteiger partial charge in [-0.25, -0.2) is 4.98 Å². The second-order valence-electron chi connectivity index (χ2n) is 5.24. The molecule has 0 bridgehead atoms. The zero-order chi connectivity index (χ0) is 11.0. The highest BCUT2D eigenvalue weighted by atomic mass is 16.4. The van der Waals surface area contributed by atoms with Crippen molar-refractivity contribution in [2.24, 2.45) is 5.92 Å². The van der Waals surface area contributed by atoms with Gasteiger partial charge in [-0.3, -0.25) is 0 Å². The average molecular weight is 220 g/mol. The number of rotatable bonds is 3. The lowest BCUT2D eigenvalue weighted by molar-refractivity contribution is 0.403. The van der Waals surface area contributed by atoms with Crippen LogP contribution in [0.4, 0.5) is 0 Å². The van der Waals surface area contributed by atoms with E-state index in [0.717, 1.165) is 37.1 Å². The molecule has 1 unspecified atom stereocenters. The minimum atomic E-state index is 0.694. The Kier molecular flexibility index (Phi) is 2.72. The number of aromatic nitrogens is 1. The van der Waals surface area contributed by atoms with Crippen LogP contribution >= 0.6 is 0 Å². The number of hydrogen-bond acceptors (Lipinski definition) is 3. The monoisotopic (exact) mass is 220 g/mol. The predicted molar refractivity (Wildman–Crippen MR) is 62.5 cm³/mol. The third-order valence-electron chi connectivity index (χ3n) is 3.99. The van der Waals surface area contributed by atoms with Gasteiger partial charge >= 0.3 is 0 Å². The highest BCUT2D eigenvalue weighted by Gasteiger charge is 2.26. The molecule has 1 aromatic heterocycles. The van der Waals surface area contributed by atoms with Crippen molar-refractivity contribution in [3.05, 3.63) is 17.3 Å². The number of oxazole rings is 1. The second-order valence-corrected chi connectivity index (χ2v) is 5.24. The van der Waals surface area contributed by atoms with Crippen molar-refractivity contribution in [3.8, 4) is 0 Å². The van der Waals surface area contributed by atoms with E-state index in [2.05, 4.69) is 12.2 Å². The summed E-state index contributed by atoms with van der Waals surface area (Å²) in [4.78, 5) is 4.70. The summed E-state index contributed by atoms with van der Waals surface area (Å²) in [5.74, 6) is 3.45. The SMILES string of the molecule is Cc1oc(CC2CCNC2)nc1C1CCC1. The largest absolute Gasteiger partial charge is 0.446 e. The van der Waals surface area contributed by atoms with Gasteiger partial charge in [-0.05, 0) is 45.2 Å². The van der Waals surface area contributed by atoms with E-state index in [0.29, 0.717) is 5.92 Å². The summed E-state index contributed by atoms with van der Waals surface area (Å²) in [6.07, 6.45) is 6.25. The van der Waals surface area contributed by atoms with Crippen molar-refractivity contribution >= 4 is 0 Å². The van der Waals surface area contributed by atoms with Crippen LogP contribution in [0.2, 0.25) is 0 Å². The predicted octanol–water partition coefficient (Wildman–Crippen LogP) is 2.40. The van der Waals surface area contributed by atoms with E-state index in [4.69, 9.17) is 9.40 Å². The molecule has 1 aromatic rings. The smallest absolute Gasteiger partial charge is 0.194 e. The van der Waals surface area contributed by atoms with Gasteiger partial charge in [0.25, 0.3) is 0 Å². The molecule has 3 nitrogen and oxygen atoms in total. The minimum absolute atomic E-state index is 0.694. The molecule has 0 radical (unpaired) electrons. The molecule has 1 N–H and O–H groups in total. The third kappa shape index (κ3) is 1.88. The van der Waals surface area contributed by atoms with E-state index in [-0.39, 0.29) is 0 Å². The molecule has 1 saturated heterocycles. The summed E-state index contributed by atoms with van der Waals surface area (Å²) >= 11 is 0. The van der Waals surface area contributed by atoms with Crippen LogP contribution in [0.25, 0.3) is 0 Å². The van der Waals surface area contributed by atoms with Gasteiger partial charge in [-0.2, -0.15) is 0 Å². The first-order chi connectivity index (χ1) is 7.83. The molecule has 2 aliphatic rings. The van der Waals surface area contributed by atoms with Gasteiger partial charge < -0.3 is 9.73 Å². The lowest BCUT2D eigenvalue weighted by Gasteiger charge is -2.23. The summed E-state index contributed by atoms with van der Waals surface area (Å²) in [7, 11) is 0. The summed E-state index contributed by atoms with van der Waals surface area (Å²) in [5.41, 5.74) is 1.24. The Morgan fingerprint density at radius 1 is 1.38 bits per heavy atom. The zero-order valence-electron chi connectivity index (χ0n) is 9.96. The van der Waals surface area contributed by atoms with Crippen LogP contribution in [-0.4, -0.2) is 18.1 Å². The molecule has 2 heterocycles. The Labute approximate surface area is 96.6 Å². The zero-order valence-corrected chi connectivity index (χ0v) is 9.96. The topological polar surface area (TPSA) is 38.1 Å². The summed E-state index contributed by atoms with van der Waals surface area (Å²) in [6, 6.07) is 0. The van der Waals surface area contributed by atoms with E-state index < -0.39 is 0 Å². The maximum absolute atomic E-state index is 5.79. The molecule has 2 fully saturated rings. The molecule has 1 aliphatic carbocycles. The van der Waals surface area contributed by atoms with Crippen molar-refractivity contribution in [3.63, 3.8) is 0 Å². The first kappa shape index (κ1) is 10.3. The van der Waals surface area contributed by atoms with Crippen molar-refractivity contribution < 1.29 is 4.42 Å². The number of aryl methyl sites for hydroxylation is 1. The molecule has 0 amide bonds. The van der Waals surface area contributed by atoms with Crippen LogP contribution in [0.1, 0.15) is 48.9 Å². The molecular weight excluding hydrogens is 200 g/mol. The van der Waals surface area contributed by atoms with Crippen molar-refractivity contribution in [1.82, 2.24) is 10.3 Å². The van der Waals surface area contributed by atoms with Gasteiger partial charge in [0.1, 0.15) is 5.76 Å². The molecule has 1 atom stereocenters. The third-order valence-corrected chi connectivity index (χ3v) is 3.99. The van der Waals surface area contributed by atoms with E-state index in [1.54, 1.807) is 0 Å². The molecule has 0 spiro atoms. The number of nitrogens with zero attached hydrogens (tertiary/aromatic N) is 1. The van der Waals surface area contributed by atoms with E-state index >= 15 is 0 Å². The molecule has 1 saturated carbocycles. The van der Waals surface area contributed by atoms with E-state index in [1.165, 1.54) is 31.4 Å². The normalized spacial score (nSPS) is 25.9. The van der Waals surface area contributed by atoms with Gasteiger partial charge in [0.05, 0.1) is 5.69 Å². The summed E-state index contributed by atoms with van der Waals surface area (Å²) in [5, 5.41) is 3.39. The van der Waals surface area contributed by atoms with E-state index in [9.17, 15) is 0 Å². The molecule has 0 aromatic carbocycles. The number of nitrogens with one attached hydrogen (secondary N) is 1. The van der Waals surface area contributed by atoms with Crippen LogP contribution in [-0.2, 0) is 6.42 Å². The Hall–Kier alpha value is -0.830. The van der Waals surface area contributed by atoms with Gasteiger partial charge in [0, 0.05) is 12.3 Å².